The number of aryl methyl sites for hydroxylation is 1. The fraction of sp³-hybridized carbons (Fsp3) is 0.333. The molecular formula is C12H16N4O2S. The molecule has 0 unspecified atom stereocenters. The van der Waals surface area contributed by atoms with Crippen molar-refractivity contribution in [1.29, 1.82) is 0 Å². The van der Waals surface area contributed by atoms with Gasteiger partial charge in [-0.3, -0.25) is 4.68 Å². The minimum Gasteiger partial charge on any atom is -0.399 e. The topological polar surface area (TPSA) is 90.9 Å². The summed E-state index contributed by atoms with van der Waals surface area (Å²) in [6.07, 6.45) is 3.37. The molecule has 102 valence electrons. The van der Waals surface area contributed by atoms with Gasteiger partial charge in [0, 0.05) is 24.1 Å². The van der Waals surface area contributed by atoms with Crippen molar-refractivity contribution in [2.24, 2.45) is 0 Å². The number of rotatable bonds is 5. The number of benzene rings is 1. The third-order valence-electron chi connectivity index (χ3n) is 2.61. The second-order valence-corrected chi connectivity index (χ2v) is 6.70. The lowest BCUT2D eigenvalue weighted by atomic mass is 10.2. The first-order valence-corrected chi connectivity index (χ1v) is 7.93. The van der Waals surface area contributed by atoms with Gasteiger partial charge in [0.2, 0.25) is 0 Å². The van der Waals surface area contributed by atoms with Crippen LogP contribution in [0.1, 0.15) is 6.42 Å². The van der Waals surface area contributed by atoms with Gasteiger partial charge in [0.05, 0.1) is 5.75 Å². The van der Waals surface area contributed by atoms with Crippen molar-refractivity contribution < 1.29 is 8.42 Å². The van der Waals surface area contributed by atoms with Crippen LogP contribution in [0.25, 0.3) is 11.4 Å². The van der Waals surface area contributed by atoms with E-state index >= 15 is 0 Å². The van der Waals surface area contributed by atoms with Crippen LogP contribution in [0.5, 0.6) is 0 Å². The molecule has 2 N–H and O–H groups in total. The quantitative estimate of drug-likeness (QED) is 0.824. The molecule has 2 aromatic rings. The van der Waals surface area contributed by atoms with Crippen LogP contribution in [-0.4, -0.2) is 35.2 Å². The summed E-state index contributed by atoms with van der Waals surface area (Å²) in [5, 5.41) is 4.30. The molecule has 0 aliphatic heterocycles. The van der Waals surface area contributed by atoms with E-state index in [2.05, 4.69) is 10.1 Å². The predicted molar refractivity (Wildman–Crippen MR) is 74.2 cm³/mol. The molecule has 6 nitrogen and oxygen atoms in total. The van der Waals surface area contributed by atoms with Crippen molar-refractivity contribution in [3.63, 3.8) is 0 Å². The Hall–Kier alpha value is -1.89. The molecule has 0 spiro atoms. The molecule has 0 bridgehead atoms. The highest BCUT2D eigenvalue weighted by Crippen LogP contribution is 2.15. The Morgan fingerprint density at radius 2 is 1.95 bits per heavy atom. The average molecular weight is 280 g/mol. The summed E-state index contributed by atoms with van der Waals surface area (Å²) in [6.45, 7) is 0.537. The lowest BCUT2D eigenvalue weighted by molar-refractivity contribution is 0.576. The molecule has 1 aromatic carbocycles. The van der Waals surface area contributed by atoms with Gasteiger partial charge < -0.3 is 5.73 Å². The molecule has 19 heavy (non-hydrogen) atoms. The minimum absolute atomic E-state index is 0.157. The fourth-order valence-electron chi connectivity index (χ4n) is 1.66. The summed E-state index contributed by atoms with van der Waals surface area (Å²) in [4.78, 5) is 4.19. The molecule has 0 saturated carbocycles. The average Bonchev–Trinajstić information content (AvgIpc) is 2.77. The highest BCUT2D eigenvalue weighted by Gasteiger charge is 2.05. The van der Waals surface area contributed by atoms with E-state index in [0.29, 0.717) is 24.5 Å². The lowest BCUT2D eigenvalue weighted by Crippen LogP contribution is -2.07. The van der Waals surface area contributed by atoms with Crippen molar-refractivity contribution in [1.82, 2.24) is 14.8 Å². The standard InChI is InChI=1S/C12H16N4O2S/c1-19(17,18)8-2-7-16-9-14-12(15-16)10-3-5-11(13)6-4-10/h3-6,9H,2,7-8,13H2,1H3. The van der Waals surface area contributed by atoms with Crippen LogP contribution in [-0.2, 0) is 16.4 Å². The maximum absolute atomic E-state index is 11.0. The van der Waals surface area contributed by atoms with E-state index in [-0.39, 0.29) is 5.75 Å². The number of aromatic nitrogens is 3. The van der Waals surface area contributed by atoms with E-state index in [1.54, 1.807) is 23.1 Å². The number of hydrogen-bond donors (Lipinski definition) is 1. The molecule has 0 saturated heterocycles. The molecule has 2 rings (SSSR count). The van der Waals surface area contributed by atoms with Crippen LogP contribution in [0, 0.1) is 0 Å². The number of nitrogens with zero attached hydrogens (tertiary/aromatic N) is 3. The lowest BCUT2D eigenvalue weighted by Gasteiger charge is -1.99. The second kappa shape index (κ2) is 5.40. The zero-order chi connectivity index (χ0) is 13.9. The van der Waals surface area contributed by atoms with Crippen molar-refractivity contribution in [3.05, 3.63) is 30.6 Å². The highest BCUT2D eigenvalue weighted by molar-refractivity contribution is 7.90. The van der Waals surface area contributed by atoms with E-state index in [4.69, 9.17) is 5.73 Å². The molecule has 1 heterocycles. The second-order valence-electron chi connectivity index (χ2n) is 4.44. The third kappa shape index (κ3) is 4.06. The Morgan fingerprint density at radius 1 is 1.26 bits per heavy atom. The van der Waals surface area contributed by atoms with Crippen LogP contribution in [0.3, 0.4) is 0 Å². The van der Waals surface area contributed by atoms with Crippen LogP contribution >= 0.6 is 0 Å². The Morgan fingerprint density at radius 3 is 2.58 bits per heavy atom. The Kier molecular flexibility index (Phi) is 3.84. The Labute approximate surface area is 112 Å². The highest BCUT2D eigenvalue weighted by atomic mass is 32.2. The molecule has 0 atom stereocenters. The normalized spacial score (nSPS) is 11.6. The summed E-state index contributed by atoms with van der Waals surface area (Å²) in [6, 6.07) is 7.29. The molecule has 1 aromatic heterocycles. The first-order valence-electron chi connectivity index (χ1n) is 5.87. The van der Waals surface area contributed by atoms with Gasteiger partial charge in [-0.25, -0.2) is 13.4 Å². The Balaban J connectivity index is 2.01. The van der Waals surface area contributed by atoms with E-state index < -0.39 is 9.84 Å². The predicted octanol–water partition coefficient (Wildman–Crippen LogP) is 0.962. The molecule has 0 radical (unpaired) electrons. The zero-order valence-electron chi connectivity index (χ0n) is 10.7. The van der Waals surface area contributed by atoms with Gasteiger partial charge in [-0.2, -0.15) is 5.10 Å². The third-order valence-corrected chi connectivity index (χ3v) is 3.64. The van der Waals surface area contributed by atoms with Gasteiger partial charge in [-0.05, 0) is 30.7 Å². The maximum Gasteiger partial charge on any atom is 0.181 e. The molecule has 0 fully saturated rings. The summed E-state index contributed by atoms with van der Waals surface area (Å²) < 4.78 is 23.7. The SMILES string of the molecule is CS(=O)(=O)CCCn1cnc(-c2ccc(N)cc2)n1. The summed E-state index contributed by atoms with van der Waals surface area (Å²) in [5.41, 5.74) is 7.19. The Bertz CT molecular complexity index is 647. The molecule has 0 aliphatic carbocycles. The van der Waals surface area contributed by atoms with Crippen molar-refractivity contribution in [2.45, 2.75) is 13.0 Å². The first-order chi connectivity index (χ1) is 8.94. The summed E-state index contributed by atoms with van der Waals surface area (Å²) >= 11 is 0. The van der Waals surface area contributed by atoms with E-state index in [9.17, 15) is 8.42 Å². The monoisotopic (exact) mass is 280 g/mol. The largest absolute Gasteiger partial charge is 0.399 e. The van der Waals surface area contributed by atoms with Gasteiger partial charge in [0.1, 0.15) is 16.2 Å². The molecular weight excluding hydrogens is 264 g/mol. The van der Waals surface area contributed by atoms with E-state index in [0.717, 1.165) is 5.56 Å². The number of hydrogen-bond acceptors (Lipinski definition) is 5. The summed E-state index contributed by atoms with van der Waals surface area (Å²) in [5.74, 6) is 0.767. The molecule has 0 aliphatic rings. The van der Waals surface area contributed by atoms with Crippen LogP contribution < -0.4 is 5.73 Å². The van der Waals surface area contributed by atoms with Crippen LogP contribution in [0.2, 0.25) is 0 Å². The van der Waals surface area contributed by atoms with Gasteiger partial charge >= 0.3 is 0 Å². The van der Waals surface area contributed by atoms with Crippen LogP contribution in [0.15, 0.2) is 30.6 Å². The van der Waals surface area contributed by atoms with Gasteiger partial charge in [0.25, 0.3) is 0 Å². The van der Waals surface area contributed by atoms with Crippen LogP contribution in [0.4, 0.5) is 5.69 Å². The number of sulfone groups is 1. The van der Waals surface area contributed by atoms with Gasteiger partial charge in [-0.15, -0.1) is 0 Å². The summed E-state index contributed by atoms with van der Waals surface area (Å²) in [7, 11) is -2.92. The van der Waals surface area contributed by atoms with E-state index in [1.807, 2.05) is 12.1 Å². The zero-order valence-corrected chi connectivity index (χ0v) is 11.5. The maximum atomic E-state index is 11.0. The van der Waals surface area contributed by atoms with Gasteiger partial charge in [0.15, 0.2) is 5.82 Å². The van der Waals surface area contributed by atoms with Crippen molar-refractivity contribution >= 4 is 15.5 Å². The fourth-order valence-corrected chi connectivity index (χ4v) is 2.31. The smallest absolute Gasteiger partial charge is 0.181 e. The number of nitrogen functional groups attached to an aromatic ring is 1. The minimum atomic E-state index is -2.92. The number of anilines is 1. The van der Waals surface area contributed by atoms with Crippen molar-refractivity contribution in [2.75, 3.05) is 17.7 Å². The number of nitrogens with two attached hydrogens (primary N) is 1. The molecule has 0 amide bonds. The molecule has 7 heteroatoms. The van der Waals surface area contributed by atoms with E-state index in [1.165, 1.54) is 6.26 Å². The first kappa shape index (κ1) is 13.5. The van der Waals surface area contributed by atoms with Crippen molar-refractivity contribution in [3.8, 4) is 11.4 Å². The van der Waals surface area contributed by atoms with Gasteiger partial charge in [-0.1, -0.05) is 0 Å².